The van der Waals surface area contributed by atoms with E-state index in [0.29, 0.717) is 24.1 Å². The number of methoxy groups -OCH3 is 1. The van der Waals surface area contributed by atoms with Gasteiger partial charge < -0.3 is 14.2 Å². The van der Waals surface area contributed by atoms with Gasteiger partial charge in [-0.2, -0.15) is 9.50 Å². The molecular weight excluding hydrogens is 400 g/mol. The van der Waals surface area contributed by atoms with Gasteiger partial charge in [0.05, 0.1) is 26.0 Å². The Kier molecular flexibility index (Phi) is 5.15. The molecular formula is C22H20N4O3S. The average molecular weight is 420 g/mol. The van der Waals surface area contributed by atoms with Gasteiger partial charge in [0, 0.05) is 23.9 Å². The maximum atomic E-state index is 5.78. The number of benzene rings is 2. The number of rotatable bonds is 5. The van der Waals surface area contributed by atoms with Crippen LogP contribution in [0.5, 0.6) is 17.2 Å². The Labute approximate surface area is 178 Å². The van der Waals surface area contributed by atoms with Gasteiger partial charge in [-0.3, -0.25) is 0 Å². The van der Waals surface area contributed by atoms with E-state index in [1.807, 2.05) is 42.5 Å². The zero-order valence-electron chi connectivity index (χ0n) is 16.4. The Balaban J connectivity index is 1.37. The summed E-state index contributed by atoms with van der Waals surface area (Å²) in [7, 11) is 1.66. The molecule has 0 fully saturated rings. The van der Waals surface area contributed by atoms with Crippen molar-refractivity contribution >= 4 is 17.5 Å². The normalized spacial score (nSPS) is 13.2. The molecule has 0 saturated heterocycles. The van der Waals surface area contributed by atoms with E-state index in [0.717, 1.165) is 46.2 Å². The minimum Gasteiger partial charge on any atom is -0.497 e. The summed E-state index contributed by atoms with van der Waals surface area (Å²) in [4.78, 5) is 8.93. The summed E-state index contributed by atoms with van der Waals surface area (Å²) in [6.45, 7) is 1.37. The lowest BCUT2D eigenvalue weighted by atomic mass is 10.1. The summed E-state index contributed by atoms with van der Waals surface area (Å²) in [5, 5.41) is 5.34. The van der Waals surface area contributed by atoms with Crippen molar-refractivity contribution in [2.45, 2.75) is 17.3 Å². The van der Waals surface area contributed by atoms with Gasteiger partial charge in [0.25, 0.3) is 5.78 Å². The van der Waals surface area contributed by atoms with E-state index in [2.05, 4.69) is 21.1 Å². The lowest BCUT2D eigenvalue weighted by Crippen LogP contribution is -1.97. The van der Waals surface area contributed by atoms with Gasteiger partial charge >= 0.3 is 0 Å². The smallest absolute Gasteiger partial charge is 0.253 e. The van der Waals surface area contributed by atoms with Gasteiger partial charge in [0.15, 0.2) is 11.5 Å². The number of ether oxygens (including phenoxy) is 3. The van der Waals surface area contributed by atoms with Crippen LogP contribution in [0.15, 0.2) is 59.9 Å². The van der Waals surface area contributed by atoms with Crippen LogP contribution in [-0.4, -0.2) is 39.9 Å². The van der Waals surface area contributed by atoms with Crippen molar-refractivity contribution in [3.63, 3.8) is 0 Å². The first-order chi connectivity index (χ1) is 14.8. The third kappa shape index (κ3) is 3.78. The fourth-order valence-corrected chi connectivity index (χ4v) is 4.02. The van der Waals surface area contributed by atoms with Gasteiger partial charge in [-0.1, -0.05) is 17.8 Å². The monoisotopic (exact) mass is 420 g/mol. The molecule has 1 aliphatic rings. The average Bonchev–Trinajstić information content (AvgIpc) is 3.07. The van der Waals surface area contributed by atoms with E-state index in [-0.39, 0.29) is 0 Å². The van der Waals surface area contributed by atoms with Crippen LogP contribution in [0.25, 0.3) is 17.0 Å². The quantitative estimate of drug-likeness (QED) is 0.447. The minimum atomic E-state index is 0.574. The van der Waals surface area contributed by atoms with E-state index in [9.17, 15) is 0 Å². The van der Waals surface area contributed by atoms with Crippen LogP contribution < -0.4 is 14.2 Å². The molecule has 0 atom stereocenters. The van der Waals surface area contributed by atoms with Gasteiger partial charge in [0.2, 0.25) is 5.16 Å². The summed E-state index contributed by atoms with van der Waals surface area (Å²) in [5.74, 6) is 3.72. The second kappa shape index (κ2) is 8.23. The zero-order chi connectivity index (χ0) is 20.3. The number of hydrogen-bond donors (Lipinski definition) is 0. The van der Waals surface area contributed by atoms with Crippen LogP contribution in [0.3, 0.4) is 0 Å². The summed E-state index contributed by atoms with van der Waals surface area (Å²) >= 11 is 1.57. The van der Waals surface area contributed by atoms with Crippen LogP contribution in [0.4, 0.5) is 0 Å². The first kappa shape index (κ1) is 18.7. The topological polar surface area (TPSA) is 70.8 Å². The molecule has 0 amide bonds. The van der Waals surface area contributed by atoms with Crippen molar-refractivity contribution in [3.05, 3.63) is 60.3 Å². The van der Waals surface area contributed by atoms with E-state index in [1.54, 1.807) is 29.6 Å². The molecule has 2 aromatic heterocycles. The minimum absolute atomic E-state index is 0.574. The van der Waals surface area contributed by atoms with Crippen molar-refractivity contribution in [2.24, 2.45) is 0 Å². The molecule has 4 aromatic rings. The number of aromatic nitrogens is 4. The van der Waals surface area contributed by atoms with Crippen LogP contribution >= 0.6 is 11.8 Å². The number of thioether (sulfide) groups is 1. The summed E-state index contributed by atoms with van der Waals surface area (Å²) in [6.07, 6.45) is 2.65. The Morgan fingerprint density at radius 2 is 1.87 bits per heavy atom. The molecule has 2 aromatic carbocycles. The van der Waals surface area contributed by atoms with Crippen LogP contribution in [0.1, 0.15) is 12.0 Å². The number of fused-ring (bicyclic) bond motifs is 2. The van der Waals surface area contributed by atoms with Gasteiger partial charge in [-0.05, 0) is 48.0 Å². The van der Waals surface area contributed by atoms with Gasteiger partial charge in [-0.15, -0.1) is 5.10 Å². The second-order valence-corrected chi connectivity index (χ2v) is 7.73. The lowest BCUT2D eigenvalue weighted by molar-refractivity contribution is 0.297. The molecule has 30 heavy (non-hydrogen) atoms. The molecule has 7 nitrogen and oxygen atoms in total. The first-order valence-corrected chi connectivity index (χ1v) is 10.7. The molecule has 152 valence electrons. The van der Waals surface area contributed by atoms with Crippen LogP contribution in [0.2, 0.25) is 0 Å². The molecule has 0 aliphatic carbocycles. The zero-order valence-corrected chi connectivity index (χ0v) is 17.3. The maximum absolute atomic E-state index is 5.78. The third-order valence-electron chi connectivity index (χ3n) is 4.79. The highest BCUT2D eigenvalue weighted by Gasteiger charge is 2.13. The molecule has 5 rings (SSSR count). The van der Waals surface area contributed by atoms with Crippen molar-refractivity contribution in [3.8, 4) is 28.5 Å². The fourth-order valence-electron chi connectivity index (χ4n) is 3.26. The van der Waals surface area contributed by atoms with E-state index >= 15 is 0 Å². The van der Waals surface area contributed by atoms with E-state index < -0.39 is 0 Å². The third-order valence-corrected chi connectivity index (χ3v) is 5.70. The largest absolute Gasteiger partial charge is 0.497 e. The number of nitrogens with zero attached hydrogens (tertiary/aromatic N) is 4. The molecule has 0 spiro atoms. The first-order valence-electron chi connectivity index (χ1n) is 9.68. The highest BCUT2D eigenvalue weighted by molar-refractivity contribution is 7.98. The standard InChI is InChI=1S/C22H20N4O3S/c1-27-17-6-4-16(5-7-17)18-9-10-23-21-24-22(25-26(18)21)30-14-15-3-8-19-20(13-15)29-12-2-11-28-19/h3-10,13H,2,11-12,14H2,1H3. The highest BCUT2D eigenvalue weighted by atomic mass is 32.2. The highest BCUT2D eigenvalue weighted by Crippen LogP contribution is 2.32. The second-order valence-electron chi connectivity index (χ2n) is 6.78. The Morgan fingerprint density at radius 1 is 1.03 bits per heavy atom. The molecule has 0 unspecified atom stereocenters. The fraction of sp³-hybridized carbons (Fsp3) is 0.227. The Hall–Kier alpha value is -3.26. The van der Waals surface area contributed by atoms with E-state index in [4.69, 9.17) is 14.2 Å². The van der Waals surface area contributed by atoms with Crippen molar-refractivity contribution in [2.75, 3.05) is 20.3 Å². The van der Waals surface area contributed by atoms with Gasteiger partial charge in [-0.25, -0.2) is 4.98 Å². The Morgan fingerprint density at radius 3 is 2.70 bits per heavy atom. The maximum Gasteiger partial charge on any atom is 0.253 e. The SMILES string of the molecule is COc1ccc(-c2ccnc3nc(SCc4ccc5c(c4)OCCCO5)nn23)cc1. The summed E-state index contributed by atoms with van der Waals surface area (Å²) < 4.78 is 18.5. The molecule has 0 radical (unpaired) electrons. The lowest BCUT2D eigenvalue weighted by Gasteiger charge is -2.08. The molecule has 0 N–H and O–H groups in total. The predicted octanol–water partition coefficient (Wildman–Crippen LogP) is 4.25. The van der Waals surface area contributed by atoms with Gasteiger partial charge in [0.1, 0.15) is 5.75 Å². The van der Waals surface area contributed by atoms with E-state index in [1.165, 1.54) is 0 Å². The molecule has 8 heteroatoms. The number of hydrogen-bond acceptors (Lipinski definition) is 7. The van der Waals surface area contributed by atoms with Crippen LogP contribution in [-0.2, 0) is 5.75 Å². The molecule has 0 bridgehead atoms. The predicted molar refractivity (Wildman–Crippen MR) is 114 cm³/mol. The van der Waals surface area contributed by atoms with Crippen molar-refractivity contribution in [1.29, 1.82) is 0 Å². The summed E-state index contributed by atoms with van der Waals surface area (Å²) in [5.41, 5.74) is 3.08. The summed E-state index contributed by atoms with van der Waals surface area (Å²) in [6, 6.07) is 15.8. The molecule has 3 heterocycles. The van der Waals surface area contributed by atoms with Crippen molar-refractivity contribution < 1.29 is 14.2 Å². The molecule has 0 saturated carbocycles. The Bertz CT molecular complexity index is 1180. The molecule has 1 aliphatic heterocycles. The van der Waals surface area contributed by atoms with Crippen molar-refractivity contribution in [1.82, 2.24) is 19.6 Å². The van der Waals surface area contributed by atoms with Crippen LogP contribution in [0, 0.1) is 0 Å².